The Hall–Kier alpha value is -1.52. The van der Waals surface area contributed by atoms with Crippen molar-refractivity contribution in [1.29, 1.82) is 0 Å². The molecule has 1 atom stereocenters. The van der Waals surface area contributed by atoms with Crippen LogP contribution in [0.4, 0.5) is 0 Å². The summed E-state index contributed by atoms with van der Waals surface area (Å²) in [7, 11) is 1.71. The lowest BCUT2D eigenvalue weighted by Crippen LogP contribution is -2.20. The SMILES string of the molecule is COc1cc2cc[nH]c2cc1C1CNCCCO1. The maximum atomic E-state index is 5.90. The first kappa shape index (κ1) is 11.6. The largest absolute Gasteiger partial charge is 0.496 e. The summed E-state index contributed by atoms with van der Waals surface area (Å²) in [6.07, 6.45) is 3.07. The van der Waals surface area contributed by atoms with E-state index < -0.39 is 0 Å². The first-order chi connectivity index (χ1) is 8.88. The van der Waals surface area contributed by atoms with Crippen LogP contribution in [0, 0.1) is 0 Å². The third-order valence-corrected chi connectivity index (χ3v) is 3.40. The normalized spacial score (nSPS) is 20.8. The topological polar surface area (TPSA) is 46.3 Å². The molecule has 0 spiro atoms. The molecule has 1 saturated heterocycles. The second-order valence-corrected chi connectivity index (χ2v) is 4.58. The molecule has 0 aliphatic carbocycles. The van der Waals surface area contributed by atoms with E-state index in [9.17, 15) is 0 Å². The van der Waals surface area contributed by atoms with Crippen molar-refractivity contribution in [3.8, 4) is 5.75 Å². The average molecular weight is 246 g/mol. The molecule has 1 unspecified atom stereocenters. The molecule has 0 saturated carbocycles. The molecule has 4 nitrogen and oxygen atoms in total. The summed E-state index contributed by atoms with van der Waals surface area (Å²) in [5, 5.41) is 4.56. The molecule has 1 aliphatic rings. The van der Waals surface area contributed by atoms with Crippen LogP contribution in [0.2, 0.25) is 0 Å². The second kappa shape index (κ2) is 5.00. The molecule has 2 N–H and O–H groups in total. The lowest BCUT2D eigenvalue weighted by Gasteiger charge is -2.18. The van der Waals surface area contributed by atoms with Crippen LogP contribution < -0.4 is 10.1 Å². The monoisotopic (exact) mass is 246 g/mol. The number of H-pyrrole nitrogens is 1. The molecule has 0 bridgehead atoms. The van der Waals surface area contributed by atoms with Crippen molar-refractivity contribution < 1.29 is 9.47 Å². The van der Waals surface area contributed by atoms with E-state index in [1.165, 1.54) is 0 Å². The Bertz CT molecular complexity index is 528. The van der Waals surface area contributed by atoms with Gasteiger partial charge in [0.15, 0.2) is 0 Å². The van der Waals surface area contributed by atoms with Gasteiger partial charge in [-0.3, -0.25) is 0 Å². The second-order valence-electron chi connectivity index (χ2n) is 4.58. The van der Waals surface area contributed by atoms with E-state index in [1.54, 1.807) is 7.11 Å². The summed E-state index contributed by atoms with van der Waals surface area (Å²) in [6.45, 7) is 2.65. The average Bonchev–Trinajstić information content (AvgIpc) is 2.68. The minimum atomic E-state index is 0.0650. The third-order valence-electron chi connectivity index (χ3n) is 3.40. The number of aromatic amines is 1. The molecule has 18 heavy (non-hydrogen) atoms. The predicted octanol–water partition coefficient (Wildman–Crippen LogP) is 2.23. The Kier molecular flexibility index (Phi) is 3.21. The standard InChI is InChI=1S/C14H18N2O2/c1-17-13-7-10-3-5-16-12(10)8-11(13)14-9-15-4-2-6-18-14/h3,5,7-8,14-16H,2,4,6,9H2,1H3. The Morgan fingerprint density at radius 1 is 1.39 bits per heavy atom. The van der Waals surface area contributed by atoms with Crippen LogP contribution in [0.15, 0.2) is 24.4 Å². The smallest absolute Gasteiger partial charge is 0.125 e. The highest BCUT2D eigenvalue weighted by Gasteiger charge is 2.19. The minimum absolute atomic E-state index is 0.0650. The number of nitrogens with one attached hydrogen (secondary N) is 2. The molecule has 96 valence electrons. The molecule has 1 aromatic heterocycles. The van der Waals surface area contributed by atoms with E-state index in [1.807, 2.05) is 12.3 Å². The number of hydrogen-bond donors (Lipinski definition) is 2. The van der Waals surface area contributed by atoms with Gasteiger partial charge in [0.25, 0.3) is 0 Å². The van der Waals surface area contributed by atoms with Gasteiger partial charge in [0.1, 0.15) is 5.75 Å². The van der Waals surface area contributed by atoms with E-state index in [0.29, 0.717) is 0 Å². The Labute approximate surface area is 106 Å². The molecule has 1 aromatic carbocycles. The summed E-state index contributed by atoms with van der Waals surface area (Å²) in [5.41, 5.74) is 2.24. The van der Waals surface area contributed by atoms with Crippen molar-refractivity contribution in [2.45, 2.75) is 12.5 Å². The number of aromatic nitrogens is 1. The van der Waals surface area contributed by atoms with Crippen molar-refractivity contribution in [3.05, 3.63) is 30.0 Å². The summed E-state index contributed by atoms with van der Waals surface area (Å²) in [5.74, 6) is 0.899. The Morgan fingerprint density at radius 2 is 2.33 bits per heavy atom. The molecule has 3 rings (SSSR count). The van der Waals surface area contributed by atoms with Crippen LogP contribution in [0.5, 0.6) is 5.75 Å². The summed E-state index contributed by atoms with van der Waals surface area (Å²) >= 11 is 0. The minimum Gasteiger partial charge on any atom is -0.496 e. The van der Waals surface area contributed by atoms with Crippen LogP contribution >= 0.6 is 0 Å². The molecule has 0 amide bonds. The van der Waals surface area contributed by atoms with E-state index in [0.717, 1.165) is 48.3 Å². The quantitative estimate of drug-likeness (QED) is 0.854. The molecule has 1 fully saturated rings. The third kappa shape index (κ3) is 2.09. The van der Waals surface area contributed by atoms with Crippen LogP contribution in [0.25, 0.3) is 10.9 Å². The van der Waals surface area contributed by atoms with Crippen LogP contribution in [-0.2, 0) is 4.74 Å². The molecule has 2 heterocycles. The zero-order chi connectivity index (χ0) is 12.4. The van der Waals surface area contributed by atoms with Gasteiger partial charge in [0.2, 0.25) is 0 Å². The van der Waals surface area contributed by atoms with Crippen LogP contribution in [0.1, 0.15) is 18.1 Å². The molecule has 2 aromatic rings. The molecular weight excluding hydrogens is 228 g/mol. The van der Waals surface area contributed by atoms with Crippen molar-refractivity contribution in [1.82, 2.24) is 10.3 Å². The maximum absolute atomic E-state index is 5.90. The van der Waals surface area contributed by atoms with Crippen molar-refractivity contribution in [3.63, 3.8) is 0 Å². The summed E-state index contributed by atoms with van der Waals surface area (Å²) in [6, 6.07) is 6.25. The van der Waals surface area contributed by atoms with Gasteiger partial charge in [-0.25, -0.2) is 0 Å². The van der Waals surface area contributed by atoms with Gasteiger partial charge in [0.05, 0.1) is 13.2 Å². The lowest BCUT2D eigenvalue weighted by atomic mass is 10.1. The fourth-order valence-corrected chi connectivity index (χ4v) is 2.44. The number of rotatable bonds is 2. The first-order valence-electron chi connectivity index (χ1n) is 6.36. The number of benzene rings is 1. The van der Waals surface area contributed by atoms with Crippen molar-refractivity contribution >= 4 is 10.9 Å². The van der Waals surface area contributed by atoms with Gasteiger partial charge in [-0.15, -0.1) is 0 Å². The van der Waals surface area contributed by atoms with Gasteiger partial charge < -0.3 is 19.8 Å². The molecule has 1 aliphatic heterocycles. The van der Waals surface area contributed by atoms with Crippen molar-refractivity contribution in [2.24, 2.45) is 0 Å². The van der Waals surface area contributed by atoms with Gasteiger partial charge in [0, 0.05) is 35.8 Å². The number of ether oxygens (including phenoxy) is 2. The zero-order valence-corrected chi connectivity index (χ0v) is 10.5. The highest BCUT2D eigenvalue weighted by atomic mass is 16.5. The highest BCUT2D eigenvalue weighted by molar-refractivity contribution is 5.82. The fourth-order valence-electron chi connectivity index (χ4n) is 2.44. The molecular formula is C14H18N2O2. The predicted molar refractivity (Wildman–Crippen MR) is 71.0 cm³/mol. The van der Waals surface area contributed by atoms with Crippen LogP contribution in [-0.4, -0.2) is 31.8 Å². The molecule has 4 heteroatoms. The van der Waals surface area contributed by atoms with Gasteiger partial charge in [-0.2, -0.15) is 0 Å². The van der Waals surface area contributed by atoms with E-state index in [2.05, 4.69) is 22.4 Å². The Morgan fingerprint density at radius 3 is 3.22 bits per heavy atom. The van der Waals surface area contributed by atoms with Gasteiger partial charge in [-0.1, -0.05) is 0 Å². The van der Waals surface area contributed by atoms with Gasteiger partial charge in [-0.05, 0) is 31.2 Å². The highest BCUT2D eigenvalue weighted by Crippen LogP contribution is 2.32. The van der Waals surface area contributed by atoms with E-state index >= 15 is 0 Å². The first-order valence-corrected chi connectivity index (χ1v) is 6.36. The zero-order valence-electron chi connectivity index (χ0n) is 10.5. The number of fused-ring (bicyclic) bond motifs is 1. The number of hydrogen-bond acceptors (Lipinski definition) is 3. The Balaban J connectivity index is 2.01. The molecule has 0 radical (unpaired) electrons. The van der Waals surface area contributed by atoms with Crippen LogP contribution in [0.3, 0.4) is 0 Å². The fraction of sp³-hybridized carbons (Fsp3) is 0.429. The summed E-state index contributed by atoms with van der Waals surface area (Å²) < 4.78 is 11.4. The number of methoxy groups -OCH3 is 1. The van der Waals surface area contributed by atoms with Crippen molar-refractivity contribution in [2.75, 3.05) is 26.8 Å². The summed E-state index contributed by atoms with van der Waals surface area (Å²) in [4.78, 5) is 3.23. The maximum Gasteiger partial charge on any atom is 0.125 e. The lowest BCUT2D eigenvalue weighted by molar-refractivity contribution is 0.0652. The van der Waals surface area contributed by atoms with Gasteiger partial charge >= 0.3 is 0 Å². The van der Waals surface area contributed by atoms with E-state index in [4.69, 9.17) is 9.47 Å². The van der Waals surface area contributed by atoms with E-state index in [-0.39, 0.29) is 6.10 Å².